The van der Waals surface area contributed by atoms with Crippen molar-refractivity contribution in [1.82, 2.24) is 14.8 Å². The molecule has 5 nitrogen and oxygen atoms in total. The summed E-state index contributed by atoms with van der Waals surface area (Å²) < 4.78 is 1.94. The van der Waals surface area contributed by atoms with Gasteiger partial charge in [0.05, 0.1) is 5.56 Å². The van der Waals surface area contributed by atoms with E-state index >= 15 is 0 Å². The van der Waals surface area contributed by atoms with Crippen molar-refractivity contribution in [3.8, 4) is 11.4 Å². The van der Waals surface area contributed by atoms with Crippen molar-refractivity contribution in [3.63, 3.8) is 0 Å². The average molecular weight is 245 g/mol. The van der Waals surface area contributed by atoms with Gasteiger partial charge < -0.3 is 9.67 Å². The van der Waals surface area contributed by atoms with Crippen molar-refractivity contribution in [2.45, 2.75) is 20.4 Å². The van der Waals surface area contributed by atoms with E-state index in [9.17, 15) is 4.79 Å². The van der Waals surface area contributed by atoms with E-state index in [0.717, 1.165) is 12.1 Å². The number of carboxylic acid groups (broad SMARTS) is 1. The fraction of sp³-hybridized carbons (Fsp3) is 0.308. The van der Waals surface area contributed by atoms with Crippen molar-refractivity contribution >= 4 is 5.97 Å². The first kappa shape index (κ1) is 12.3. The zero-order valence-corrected chi connectivity index (χ0v) is 10.4. The summed E-state index contributed by atoms with van der Waals surface area (Å²) >= 11 is 0. The smallest absolute Gasteiger partial charge is 0.335 e. The molecule has 0 unspecified atom stereocenters. The first-order valence-electron chi connectivity index (χ1n) is 5.79. The molecule has 0 saturated carbocycles. The third kappa shape index (κ3) is 2.56. The summed E-state index contributed by atoms with van der Waals surface area (Å²) in [5.41, 5.74) is 1.03. The highest BCUT2D eigenvalue weighted by Gasteiger charge is 2.10. The van der Waals surface area contributed by atoms with Gasteiger partial charge in [0.1, 0.15) is 6.33 Å². The minimum Gasteiger partial charge on any atom is -0.478 e. The van der Waals surface area contributed by atoms with Crippen LogP contribution < -0.4 is 0 Å². The van der Waals surface area contributed by atoms with Crippen molar-refractivity contribution < 1.29 is 9.90 Å². The maximum absolute atomic E-state index is 10.9. The van der Waals surface area contributed by atoms with E-state index in [4.69, 9.17) is 5.11 Å². The number of aromatic nitrogens is 3. The Morgan fingerprint density at radius 2 is 2.22 bits per heavy atom. The minimum absolute atomic E-state index is 0.256. The maximum Gasteiger partial charge on any atom is 0.335 e. The normalized spacial score (nSPS) is 10.8. The molecule has 94 valence electrons. The fourth-order valence-electron chi connectivity index (χ4n) is 1.80. The summed E-state index contributed by atoms with van der Waals surface area (Å²) in [6.45, 7) is 5.02. The van der Waals surface area contributed by atoms with Crippen LogP contribution in [-0.4, -0.2) is 25.8 Å². The van der Waals surface area contributed by atoms with Gasteiger partial charge in [-0.1, -0.05) is 26.0 Å². The monoisotopic (exact) mass is 245 g/mol. The molecule has 0 amide bonds. The third-order valence-electron chi connectivity index (χ3n) is 2.55. The van der Waals surface area contributed by atoms with Gasteiger partial charge in [-0.25, -0.2) is 4.79 Å². The summed E-state index contributed by atoms with van der Waals surface area (Å²) in [5, 5.41) is 16.9. The molecule has 0 radical (unpaired) electrons. The molecule has 18 heavy (non-hydrogen) atoms. The van der Waals surface area contributed by atoms with E-state index in [0.29, 0.717) is 11.7 Å². The van der Waals surface area contributed by atoms with Gasteiger partial charge in [0.2, 0.25) is 0 Å². The van der Waals surface area contributed by atoms with Gasteiger partial charge in [-0.05, 0) is 18.1 Å². The lowest BCUT2D eigenvalue weighted by atomic mass is 10.1. The Hall–Kier alpha value is -2.17. The van der Waals surface area contributed by atoms with Gasteiger partial charge >= 0.3 is 5.97 Å². The summed E-state index contributed by atoms with van der Waals surface area (Å²) in [6, 6.07) is 6.73. The molecule has 0 spiro atoms. The van der Waals surface area contributed by atoms with Gasteiger partial charge in [0.25, 0.3) is 0 Å². The molecule has 1 N–H and O–H groups in total. The highest BCUT2D eigenvalue weighted by molar-refractivity contribution is 5.89. The molecule has 0 saturated heterocycles. The predicted octanol–water partition coefficient (Wildman–Crippen LogP) is 2.30. The summed E-state index contributed by atoms with van der Waals surface area (Å²) in [4.78, 5) is 10.9. The number of carbonyl (C=O) groups is 1. The van der Waals surface area contributed by atoms with E-state index in [-0.39, 0.29) is 5.56 Å². The van der Waals surface area contributed by atoms with E-state index in [2.05, 4.69) is 24.0 Å². The fourth-order valence-corrected chi connectivity index (χ4v) is 1.80. The molecule has 1 aromatic carbocycles. The van der Waals surface area contributed by atoms with Gasteiger partial charge in [-0.3, -0.25) is 0 Å². The SMILES string of the molecule is CC(C)Cn1cnnc1-c1cccc(C(=O)O)c1. The van der Waals surface area contributed by atoms with Crippen LogP contribution in [0.1, 0.15) is 24.2 Å². The largest absolute Gasteiger partial charge is 0.478 e. The Balaban J connectivity index is 2.39. The topological polar surface area (TPSA) is 68.0 Å². The lowest BCUT2D eigenvalue weighted by Gasteiger charge is -2.09. The maximum atomic E-state index is 10.9. The van der Waals surface area contributed by atoms with Crippen LogP contribution in [0, 0.1) is 5.92 Å². The Bertz CT molecular complexity index is 561. The van der Waals surface area contributed by atoms with E-state index in [1.807, 2.05) is 10.6 Å². The van der Waals surface area contributed by atoms with Crippen molar-refractivity contribution in [2.24, 2.45) is 5.92 Å². The first-order chi connectivity index (χ1) is 8.58. The Labute approximate surface area is 105 Å². The number of carboxylic acids is 1. The quantitative estimate of drug-likeness (QED) is 0.897. The van der Waals surface area contributed by atoms with Crippen LogP contribution in [0.5, 0.6) is 0 Å². The van der Waals surface area contributed by atoms with Crippen LogP contribution in [-0.2, 0) is 6.54 Å². The minimum atomic E-state index is -0.938. The summed E-state index contributed by atoms with van der Waals surface area (Å²) in [6.07, 6.45) is 1.67. The molecule has 0 aliphatic heterocycles. The number of aromatic carboxylic acids is 1. The molecule has 2 aromatic rings. The highest BCUT2D eigenvalue weighted by atomic mass is 16.4. The van der Waals surface area contributed by atoms with Crippen LogP contribution in [0.25, 0.3) is 11.4 Å². The molecule has 1 aromatic heterocycles. The summed E-state index contributed by atoms with van der Waals surface area (Å²) in [7, 11) is 0. The van der Waals surface area contributed by atoms with Crippen LogP contribution in [0.4, 0.5) is 0 Å². The molecule has 2 rings (SSSR count). The Kier molecular flexibility index (Phi) is 3.41. The van der Waals surface area contributed by atoms with E-state index in [1.54, 1.807) is 24.5 Å². The van der Waals surface area contributed by atoms with Crippen molar-refractivity contribution in [2.75, 3.05) is 0 Å². The van der Waals surface area contributed by atoms with Gasteiger partial charge in [0, 0.05) is 12.1 Å². The number of benzene rings is 1. The van der Waals surface area contributed by atoms with Crippen LogP contribution in [0.3, 0.4) is 0 Å². The van der Waals surface area contributed by atoms with Crippen LogP contribution >= 0.6 is 0 Å². The molecular weight excluding hydrogens is 230 g/mol. The zero-order valence-electron chi connectivity index (χ0n) is 10.4. The van der Waals surface area contributed by atoms with E-state index < -0.39 is 5.97 Å². The van der Waals surface area contributed by atoms with Gasteiger partial charge in [-0.15, -0.1) is 10.2 Å². The predicted molar refractivity (Wildman–Crippen MR) is 67.3 cm³/mol. The second kappa shape index (κ2) is 5.00. The molecule has 0 aliphatic carbocycles. The number of nitrogens with zero attached hydrogens (tertiary/aromatic N) is 3. The molecule has 0 fully saturated rings. The molecular formula is C13H15N3O2. The average Bonchev–Trinajstić information content (AvgIpc) is 2.76. The lowest BCUT2D eigenvalue weighted by molar-refractivity contribution is 0.0697. The van der Waals surface area contributed by atoms with Crippen LogP contribution in [0.15, 0.2) is 30.6 Å². The Morgan fingerprint density at radius 3 is 2.89 bits per heavy atom. The van der Waals surface area contributed by atoms with Crippen molar-refractivity contribution in [1.29, 1.82) is 0 Å². The summed E-state index contributed by atoms with van der Waals surface area (Å²) in [5.74, 6) is 0.237. The standard InChI is InChI=1S/C13H15N3O2/c1-9(2)7-16-8-14-15-12(16)10-4-3-5-11(6-10)13(17)18/h3-6,8-9H,7H2,1-2H3,(H,17,18). The number of hydrogen-bond acceptors (Lipinski definition) is 3. The molecule has 0 atom stereocenters. The zero-order chi connectivity index (χ0) is 13.1. The van der Waals surface area contributed by atoms with Crippen LogP contribution in [0.2, 0.25) is 0 Å². The van der Waals surface area contributed by atoms with E-state index in [1.165, 1.54) is 0 Å². The van der Waals surface area contributed by atoms with Gasteiger partial charge in [-0.2, -0.15) is 0 Å². The Morgan fingerprint density at radius 1 is 1.44 bits per heavy atom. The lowest BCUT2D eigenvalue weighted by Crippen LogP contribution is -2.05. The second-order valence-electron chi connectivity index (χ2n) is 4.59. The van der Waals surface area contributed by atoms with Crippen molar-refractivity contribution in [3.05, 3.63) is 36.2 Å². The first-order valence-corrected chi connectivity index (χ1v) is 5.79. The third-order valence-corrected chi connectivity index (χ3v) is 2.55. The van der Waals surface area contributed by atoms with Gasteiger partial charge in [0.15, 0.2) is 5.82 Å². The number of hydrogen-bond donors (Lipinski definition) is 1. The second-order valence-corrected chi connectivity index (χ2v) is 4.59. The molecule has 1 heterocycles. The number of rotatable bonds is 4. The molecule has 0 aliphatic rings. The highest BCUT2D eigenvalue weighted by Crippen LogP contribution is 2.19. The molecule has 0 bridgehead atoms. The molecule has 5 heteroatoms.